The van der Waals surface area contributed by atoms with Gasteiger partial charge in [-0.15, -0.1) is 0 Å². The number of benzene rings is 1. The Morgan fingerprint density at radius 1 is 0.936 bits per heavy atom. The van der Waals surface area contributed by atoms with Crippen molar-refractivity contribution in [3.8, 4) is 0 Å². The minimum absolute atomic E-state index is 0.0936. The predicted octanol–water partition coefficient (Wildman–Crippen LogP) is 5.27. The molecule has 10 nitrogen and oxygen atoms in total. The van der Waals surface area contributed by atoms with Crippen molar-refractivity contribution in [1.29, 1.82) is 0 Å². The van der Waals surface area contributed by atoms with Crippen molar-refractivity contribution < 1.29 is 19.5 Å². The van der Waals surface area contributed by atoms with Crippen LogP contribution < -0.4 is 16.0 Å². The summed E-state index contributed by atoms with van der Waals surface area (Å²) in [6.45, 7) is 4.27. The molecule has 4 amide bonds. The molecule has 0 spiro atoms. The van der Waals surface area contributed by atoms with Crippen LogP contribution in [-0.4, -0.2) is 75.1 Å². The van der Waals surface area contributed by atoms with E-state index in [1.807, 2.05) is 30.3 Å². The highest BCUT2D eigenvalue weighted by atomic mass is 16.3. The summed E-state index contributed by atoms with van der Waals surface area (Å²) in [5.74, 6) is 0.230. The second-order valence-electron chi connectivity index (χ2n) is 14.3. The van der Waals surface area contributed by atoms with Gasteiger partial charge in [0.15, 0.2) is 0 Å². The predicted molar refractivity (Wildman–Crippen MR) is 185 cm³/mol. The molecular weight excluding hydrogens is 592 g/mol. The number of aromatic amines is 1. The molecule has 2 aromatic rings. The Morgan fingerprint density at radius 2 is 1.62 bits per heavy atom. The summed E-state index contributed by atoms with van der Waals surface area (Å²) in [5.41, 5.74) is 1.63. The fraction of sp³-hybridized carbons (Fsp3) is 0.676. The Bertz CT molecular complexity index is 1210. The average molecular weight is 651 g/mol. The van der Waals surface area contributed by atoms with Crippen LogP contribution in [0.15, 0.2) is 42.9 Å². The summed E-state index contributed by atoms with van der Waals surface area (Å²) in [6.07, 6.45) is 16.3. The summed E-state index contributed by atoms with van der Waals surface area (Å²) in [5, 5.41) is 20.6. The first kappa shape index (κ1) is 36.4. The molecule has 1 heterocycles. The van der Waals surface area contributed by atoms with Gasteiger partial charge in [0.2, 0.25) is 11.8 Å². The van der Waals surface area contributed by atoms with Crippen LogP contribution in [-0.2, 0) is 22.4 Å². The van der Waals surface area contributed by atoms with Gasteiger partial charge in [0.1, 0.15) is 12.1 Å². The maximum Gasteiger partial charge on any atom is 0.315 e. The normalized spacial score (nSPS) is 18.6. The van der Waals surface area contributed by atoms with Gasteiger partial charge in [-0.05, 0) is 49.5 Å². The van der Waals surface area contributed by atoms with Crippen molar-refractivity contribution >= 4 is 17.8 Å². The van der Waals surface area contributed by atoms with E-state index in [0.29, 0.717) is 24.7 Å². The fourth-order valence-corrected chi connectivity index (χ4v) is 7.17. The van der Waals surface area contributed by atoms with Crippen LogP contribution in [0.2, 0.25) is 0 Å². The molecule has 5 N–H and O–H groups in total. The van der Waals surface area contributed by atoms with E-state index in [1.54, 1.807) is 19.6 Å². The van der Waals surface area contributed by atoms with E-state index in [2.05, 4.69) is 39.8 Å². The topological polar surface area (TPSA) is 139 Å². The van der Waals surface area contributed by atoms with Crippen molar-refractivity contribution in [2.75, 3.05) is 7.05 Å². The van der Waals surface area contributed by atoms with E-state index < -0.39 is 24.2 Å². The van der Waals surface area contributed by atoms with Gasteiger partial charge in [0.25, 0.3) is 0 Å². The van der Waals surface area contributed by atoms with Crippen LogP contribution in [0.1, 0.15) is 109 Å². The monoisotopic (exact) mass is 650 g/mol. The minimum Gasteiger partial charge on any atom is -0.391 e. The Hall–Kier alpha value is -3.40. The molecule has 260 valence electrons. The largest absolute Gasteiger partial charge is 0.391 e. The van der Waals surface area contributed by atoms with Gasteiger partial charge >= 0.3 is 6.03 Å². The molecule has 4 rings (SSSR count). The Morgan fingerprint density at radius 3 is 2.26 bits per heavy atom. The zero-order chi connectivity index (χ0) is 33.6. The first-order valence-corrected chi connectivity index (χ1v) is 18.0. The lowest BCUT2D eigenvalue weighted by Crippen LogP contribution is -2.59. The van der Waals surface area contributed by atoms with Crippen LogP contribution in [0.3, 0.4) is 0 Å². The molecular formula is C37H58N6O4. The number of nitrogens with one attached hydrogen (secondary N) is 4. The lowest BCUT2D eigenvalue weighted by atomic mass is 9.83. The Balaban J connectivity index is 1.54. The van der Waals surface area contributed by atoms with E-state index in [0.717, 1.165) is 62.6 Å². The number of rotatable bonds is 16. The first-order chi connectivity index (χ1) is 22.7. The highest BCUT2D eigenvalue weighted by molar-refractivity contribution is 5.92. The first-order valence-electron chi connectivity index (χ1n) is 18.0. The molecule has 1 aromatic heterocycles. The Labute approximate surface area is 281 Å². The number of aromatic nitrogens is 2. The molecule has 4 atom stereocenters. The molecule has 2 aliphatic rings. The van der Waals surface area contributed by atoms with Crippen LogP contribution in [0.25, 0.3) is 0 Å². The van der Waals surface area contributed by atoms with Crippen molar-refractivity contribution in [3.05, 3.63) is 54.1 Å². The molecule has 2 fully saturated rings. The van der Waals surface area contributed by atoms with E-state index in [1.165, 1.54) is 30.6 Å². The standard InChI is InChI=1S/C37H58N6O4/c1-26(2)19-20-34(44)31(21-27-13-7-4-8-14-27)41-35(45)33(23-30-24-38-25-39-30)43(3)36(46)32(22-28-15-9-5-10-16-28)42-37(47)40-29-17-11-6-12-18-29/h5,9-10,15-16,24-27,29,31-34,44H,4,6-8,11-14,17-23H2,1-3H3,(H,38,39)(H,41,45)(H2,40,42,47)/t31-,32-,33-,34-/m0/s1. The van der Waals surface area contributed by atoms with Gasteiger partial charge in [0.05, 0.1) is 18.5 Å². The van der Waals surface area contributed by atoms with Crippen molar-refractivity contribution in [2.45, 2.75) is 140 Å². The van der Waals surface area contributed by atoms with Crippen LogP contribution >= 0.6 is 0 Å². The molecule has 1 aromatic carbocycles. The Kier molecular flexibility index (Phi) is 14.6. The van der Waals surface area contributed by atoms with E-state index in [-0.39, 0.29) is 30.3 Å². The van der Waals surface area contributed by atoms with E-state index >= 15 is 0 Å². The van der Waals surface area contributed by atoms with Crippen molar-refractivity contribution in [1.82, 2.24) is 30.8 Å². The molecule has 10 heteroatoms. The molecule has 0 bridgehead atoms. The summed E-state index contributed by atoms with van der Waals surface area (Å²) in [7, 11) is 1.63. The fourth-order valence-electron chi connectivity index (χ4n) is 7.17. The van der Waals surface area contributed by atoms with Gasteiger partial charge in [-0.3, -0.25) is 9.59 Å². The number of likely N-dealkylation sites (N-methyl/N-ethyl adjacent to an activating group) is 1. The van der Waals surface area contributed by atoms with E-state index in [4.69, 9.17) is 0 Å². The average Bonchev–Trinajstić information content (AvgIpc) is 3.59. The second kappa shape index (κ2) is 18.8. The number of H-pyrrole nitrogens is 1. The minimum atomic E-state index is -0.879. The van der Waals surface area contributed by atoms with Crippen molar-refractivity contribution in [2.24, 2.45) is 11.8 Å². The molecule has 0 radical (unpaired) electrons. The number of carbonyl (C=O) groups is 3. The third kappa shape index (κ3) is 12.0. The number of urea groups is 1. The van der Waals surface area contributed by atoms with Crippen LogP contribution in [0.5, 0.6) is 0 Å². The van der Waals surface area contributed by atoms with Gasteiger partial charge in [-0.1, -0.05) is 95.5 Å². The number of amides is 4. The lowest BCUT2D eigenvalue weighted by molar-refractivity contribution is -0.141. The van der Waals surface area contributed by atoms with Gasteiger partial charge < -0.3 is 30.9 Å². The summed E-state index contributed by atoms with van der Waals surface area (Å²) in [4.78, 5) is 50.4. The van der Waals surface area contributed by atoms with Gasteiger partial charge in [-0.25, -0.2) is 9.78 Å². The molecule has 0 aliphatic heterocycles. The zero-order valence-electron chi connectivity index (χ0n) is 28.8. The summed E-state index contributed by atoms with van der Waals surface area (Å²) < 4.78 is 0. The van der Waals surface area contributed by atoms with Crippen LogP contribution in [0.4, 0.5) is 4.79 Å². The third-order valence-corrected chi connectivity index (χ3v) is 10.1. The van der Waals surface area contributed by atoms with Gasteiger partial charge in [-0.2, -0.15) is 0 Å². The highest BCUT2D eigenvalue weighted by Crippen LogP contribution is 2.29. The number of imidazole rings is 1. The number of aliphatic hydroxyl groups is 1. The summed E-state index contributed by atoms with van der Waals surface area (Å²) >= 11 is 0. The lowest BCUT2D eigenvalue weighted by Gasteiger charge is -2.35. The molecule has 2 saturated carbocycles. The smallest absolute Gasteiger partial charge is 0.315 e. The molecule has 2 aliphatic carbocycles. The zero-order valence-corrected chi connectivity index (χ0v) is 28.8. The molecule has 0 unspecified atom stereocenters. The number of hydrogen-bond donors (Lipinski definition) is 5. The maximum absolute atomic E-state index is 14.3. The quantitative estimate of drug-likeness (QED) is 0.168. The van der Waals surface area contributed by atoms with Gasteiger partial charge in [0, 0.05) is 37.8 Å². The molecule has 0 saturated heterocycles. The second-order valence-corrected chi connectivity index (χ2v) is 14.3. The summed E-state index contributed by atoms with van der Waals surface area (Å²) in [6, 6.07) is 7.17. The number of nitrogens with zero attached hydrogens (tertiary/aromatic N) is 2. The highest BCUT2D eigenvalue weighted by Gasteiger charge is 2.35. The van der Waals surface area contributed by atoms with E-state index in [9.17, 15) is 19.5 Å². The van der Waals surface area contributed by atoms with Crippen molar-refractivity contribution in [3.63, 3.8) is 0 Å². The van der Waals surface area contributed by atoms with Crippen LogP contribution in [0, 0.1) is 11.8 Å². The number of hydrogen-bond acceptors (Lipinski definition) is 5. The molecule has 47 heavy (non-hydrogen) atoms. The number of aliphatic hydroxyl groups excluding tert-OH is 1. The maximum atomic E-state index is 14.3. The number of carbonyl (C=O) groups excluding carboxylic acids is 3. The third-order valence-electron chi connectivity index (χ3n) is 10.1. The SMILES string of the molecule is CC(C)CC[C@H](O)[C@H](CC1CCCCC1)NC(=O)[C@H](Cc1cnc[nH]1)N(C)C(=O)[C@H](Cc1ccccc1)NC(=O)NC1CCCCC1.